The fourth-order valence-electron chi connectivity index (χ4n) is 2.28. The monoisotopic (exact) mass is 297 g/mol. The molecule has 1 aromatic carbocycles. The summed E-state index contributed by atoms with van der Waals surface area (Å²) in [6.07, 6.45) is 3.21. The van der Waals surface area contributed by atoms with Crippen LogP contribution in [0.5, 0.6) is 5.88 Å². The van der Waals surface area contributed by atoms with Gasteiger partial charge in [0.15, 0.2) is 0 Å². The summed E-state index contributed by atoms with van der Waals surface area (Å²) in [6.45, 7) is 2.49. The van der Waals surface area contributed by atoms with Crippen molar-refractivity contribution in [2.75, 3.05) is 20.7 Å². The van der Waals surface area contributed by atoms with Crippen LogP contribution in [0.25, 0.3) is 10.8 Å². The van der Waals surface area contributed by atoms with Gasteiger partial charge in [-0.2, -0.15) is 5.26 Å². The molecule has 0 saturated carbocycles. The van der Waals surface area contributed by atoms with Crippen molar-refractivity contribution in [3.63, 3.8) is 0 Å². The molecule has 1 unspecified atom stereocenters. The van der Waals surface area contributed by atoms with E-state index in [2.05, 4.69) is 30.1 Å². The second kappa shape index (κ2) is 7.77. The fraction of sp³-hybridized carbons (Fsp3) is 0.444. The van der Waals surface area contributed by atoms with Gasteiger partial charge in [0, 0.05) is 11.1 Å². The molecule has 22 heavy (non-hydrogen) atoms. The van der Waals surface area contributed by atoms with Gasteiger partial charge >= 0.3 is 0 Å². The van der Waals surface area contributed by atoms with Gasteiger partial charge in [0.1, 0.15) is 12.6 Å². The van der Waals surface area contributed by atoms with Gasteiger partial charge in [-0.05, 0) is 44.5 Å². The first kappa shape index (κ1) is 16.3. The van der Waals surface area contributed by atoms with Crippen LogP contribution in [0.1, 0.15) is 25.5 Å². The van der Waals surface area contributed by atoms with Gasteiger partial charge in [0.05, 0.1) is 6.07 Å². The second-order valence-electron chi connectivity index (χ2n) is 5.66. The molecule has 0 saturated heterocycles. The molecular weight excluding hydrogens is 274 g/mol. The lowest BCUT2D eigenvalue weighted by Crippen LogP contribution is -2.32. The first-order valence-electron chi connectivity index (χ1n) is 7.73. The molecule has 2 aromatic rings. The van der Waals surface area contributed by atoms with Crippen LogP contribution in [-0.4, -0.2) is 36.6 Å². The van der Waals surface area contributed by atoms with Crippen LogP contribution < -0.4 is 4.74 Å². The molecule has 2 rings (SSSR count). The van der Waals surface area contributed by atoms with E-state index in [1.165, 1.54) is 0 Å². The normalized spacial score (nSPS) is 12.3. The number of ether oxygens (including phenoxy) is 1. The van der Waals surface area contributed by atoms with Crippen LogP contribution >= 0.6 is 0 Å². The molecule has 1 aromatic heterocycles. The maximum atomic E-state index is 9.17. The number of aryl methyl sites for hydroxylation is 1. The number of unbranched alkanes of at least 4 members (excludes halogenated alkanes) is 1. The minimum atomic E-state index is -0.278. The summed E-state index contributed by atoms with van der Waals surface area (Å²) in [6, 6.07) is 12.2. The lowest BCUT2D eigenvalue weighted by Gasteiger charge is -2.18. The summed E-state index contributed by atoms with van der Waals surface area (Å²) < 4.78 is 5.88. The van der Waals surface area contributed by atoms with Gasteiger partial charge in [-0.3, -0.25) is 4.90 Å². The zero-order valence-electron chi connectivity index (χ0n) is 13.5. The number of nitrogens with zero attached hydrogens (tertiary/aromatic N) is 3. The summed E-state index contributed by atoms with van der Waals surface area (Å²) in [5, 5.41) is 11.3. The Labute approximate surface area is 132 Å². The molecule has 0 spiro atoms. The molecule has 0 aliphatic carbocycles. The van der Waals surface area contributed by atoms with Gasteiger partial charge in [-0.25, -0.2) is 4.98 Å². The predicted molar refractivity (Wildman–Crippen MR) is 88.9 cm³/mol. The van der Waals surface area contributed by atoms with E-state index in [9.17, 15) is 0 Å². The number of nitriles is 1. The Morgan fingerprint density at radius 3 is 2.77 bits per heavy atom. The van der Waals surface area contributed by atoms with E-state index >= 15 is 0 Å². The molecule has 0 aliphatic heterocycles. The summed E-state index contributed by atoms with van der Waals surface area (Å²) in [5.41, 5.74) is 1.05. The SMILES string of the molecule is CCCCc1cc2ccccc2c(OCC(C#N)N(C)C)n1. The smallest absolute Gasteiger partial charge is 0.221 e. The predicted octanol–water partition coefficient (Wildman–Crippen LogP) is 3.41. The minimum Gasteiger partial charge on any atom is -0.474 e. The summed E-state index contributed by atoms with van der Waals surface area (Å²) in [7, 11) is 3.75. The first-order chi connectivity index (χ1) is 10.7. The van der Waals surface area contributed by atoms with Gasteiger partial charge in [-0.15, -0.1) is 0 Å². The van der Waals surface area contributed by atoms with E-state index in [4.69, 9.17) is 10.00 Å². The van der Waals surface area contributed by atoms with Crippen molar-refractivity contribution in [2.24, 2.45) is 0 Å². The molecule has 0 radical (unpaired) electrons. The molecule has 0 amide bonds. The molecule has 0 bridgehead atoms. The lowest BCUT2D eigenvalue weighted by atomic mass is 10.1. The van der Waals surface area contributed by atoms with E-state index in [-0.39, 0.29) is 6.04 Å². The highest BCUT2D eigenvalue weighted by Crippen LogP contribution is 2.25. The van der Waals surface area contributed by atoms with Gasteiger partial charge in [0.25, 0.3) is 0 Å². The number of rotatable bonds is 7. The van der Waals surface area contributed by atoms with Crippen LogP contribution in [0.4, 0.5) is 0 Å². The van der Waals surface area contributed by atoms with Crippen molar-refractivity contribution < 1.29 is 4.74 Å². The zero-order valence-corrected chi connectivity index (χ0v) is 13.5. The molecule has 0 N–H and O–H groups in total. The van der Waals surface area contributed by atoms with Crippen LogP contribution in [-0.2, 0) is 6.42 Å². The molecule has 116 valence electrons. The van der Waals surface area contributed by atoms with Crippen LogP contribution in [0, 0.1) is 11.3 Å². The molecule has 4 heteroatoms. The Bertz CT molecular complexity index is 661. The molecular formula is C18H23N3O. The number of hydrogen-bond donors (Lipinski definition) is 0. The number of benzene rings is 1. The average molecular weight is 297 g/mol. The molecule has 0 aliphatic rings. The van der Waals surface area contributed by atoms with Crippen molar-refractivity contribution in [3.8, 4) is 11.9 Å². The number of aromatic nitrogens is 1. The Morgan fingerprint density at radius 2 is 2.09 bits per heavy atom. The maximum Gasteiger partial charge on any atom is 0.221 e. The topological polar surface area (TPSA) is 49.1 Å². The van der Waals surface area contributed by atoms with E-state index in [0.29, 0.717) is 12.5 Å². The third kappa shape index (κ3) is 3.96. The zero-order chi connectivity index (χ0) is 15.9. The number of hydrogen-bond acceptors (Lipinski definition) is 4. The molecule has 4 nitrogen and oxygen atoms in total. The highest BCUT2D eigenvalue weighted by atomic mass is 16.5. The highest BCUT2D eigenvalue weighted by Gasteiger charge is 2.13. The van der Waals surface area contributed by atoms with Gasteiger partial charge in [0.2, 0.25) is 5.88 Å². The van der Waals surface area contributed by atoms with Crippen molar-refractivity contribution in [1.29, 1.82) is 5.26 Å². The minimum absolute atomic E-state index is 0.278. The summed E-state index contributed by atoms with van der Waals surface area (Å²) in [4.78, 5) is 6.50. The number of fused-ring (bicyclic) bond motifs is 1. The molecule has 1 heterocycles. The number of likely N-dealkylation sites (N-methyl/N-ethyl adjacent to an activating group) is 1. The summed E-state index contributed by atoms with van der Waals surface area (Å²) in [5.74, 6) is 0.631. The summed E-state index contributed by atoms with van der Waals surface area (Å²) >= 11 is 0. The van der Waals surface area contributed by atoms with Gasteiger partial charge in [-0.1, -0.05) is 31.5 Å². The van der Waals surface area contributed by atoms with E-state index in [1.54, 1.807) is 0 Å². The Kier molecular flexibility index (Phi) is 5.74. The van der Waals surface area contributed by atoms with Crippen molar-refractivity contribution in [1.82, 2.24) is 9.88 Å². The van der Waals surface area contributed by atoms with E-state index < -0.39 is 0 Å². The van der Waals surface area contributed by atoms with E-state index in [0.717, 1.165) is 35.7 Å². The Balaban J connectivity index is 2.28. The standard InChI is InChI=1S/C18H23N3O/c1-4-5-9-15-11-14-8-6-7-10-17(14)18(20-15)22-13-16(12-19)21(2)3/h6-8,10-11,16H,4-5,9,13H2,1-3H3. The van der Waals surface area contributed by atoms with Crippen molar-refractivity contribution in [2.45, 2.75) is 32.2 Å². The van der Waals surface area contributed by atoms with Crippen LogP contribution in [0.3, 0.4) is 0 Å². The third-order valence-electron chi connectivity index (χ3n) is 3.70. The number of pyridine rings is 1. The third-order valence-corrected chi connectivity index (χ3v) is 3.70. The molecule has 0 fully saturated rings. The average Bonchev–Trinajstić information content (AvgIpc) is 2.53. The van der Waals surface area contributed by atoms with Crippen LogP contribution in [0.15, 0.2) is 30.3 Å². The van der Waals surface area contributed by atoms with Crippen LogP contribution in [0.2, 0.25) is 0 Å². The van der Waals surface area contributed by atoms with Crippen molar-refractivity contribution in [3.05, 3.63) is 36.0 Å². The maximum absolute atomic E-state index is 9.17. The molecule has 1 atom stereocenters. The van der Waals surface area contributed by atoms with Gasteiger partial charge < -0.3 is 4.74 Å². The fourth-order valence-corrected chi connectivity index (χ4v) is 2.28. The van der Waals surface area contributed by atoms with E-state index in [1.807, 2.05) is 37.2 Å². The lowest BCUT2D eigenvalue weighted by molar-refractivity contribution is 0.217. The largest absolute Gasteiger partial charge is 0.474 e. The quantitative estimate of drug-likeness (QED) is 0.786. The Morgan fingerprint density at radius 1 is 1.32 bits per heavy atom. The van der Waals surface area contributed by atoms with Crippen molar-refractivity contribution >= 4 is 10.8 Å². The first-order valence-corrected chi connectivity index (χ1v) is 7.73. The second-order valence-corrected chi connectivity index (χ2v) is 5.66. The highest BCUT2D eigenvalue weighted by molar-refractivity contribution is 5.87. The Hall–Kier alpha value is -2.12.